The van der Waals surface area contributed by atoms with Gasteiger partial charge in [0.1, 0.15) is 17.2 Å². The van der Waals surface area contributed by atoms with E-state index in [1.807, 2.05) is 0 Å². The van der Waals surface area contributed by atoms with Crippen LogP contribution in [0.15, 0.2) is 60.7 Å². The Morgan fingerprint density at radius 3 is 2.03 bits per heavy atom. The fraction of sp³-hybridized carbons (Fsp3) is 0.0833. The molecule has 160 valence electrons. The second-order valence-electron chi connectivity index (χ2n) is 6.73. The van der Waals surface area contributed by atoms with E-state index in [0.29, 0.717) is 28.6 Å². The van der Waals surface area contributed by atoms with Gasteiger partial charge in [0.05, 0.1) is 19.8 Å². The Morgan fingerprint density at radius 1 is 0.688 bits per heavy atom. The largest absolute Gasteiger partial charge is 0.493 e. The Morgan fingerprint density at radius 2 is 1.34 bits per heavy atom. The van der Waals surface area contributed by atoms with E-state index in [4.69, 9.17) is 14.2 Å². The number of ketones is 3. The number of esters is 1. The maximum Gasteiger partial charge on any atom is 0.379 e. The van der Waals surface area contributed by atoms with Crippen molar-refractivity contribution in [3.63, 3.8) is 0 Å². The molecule has 2 bridgehead atoms. The molecule has 0 N–H and O–H groups in total. The second-order valence-corrected chi connectivity index (χ2v) is 6.73. The molecule has 0 saturated carbocycles. The van der Waals surface area contributed by atoms with Gasteiger partial charge < -0.3 is 18.9 Å². The average molecular weight is 432 g/mol. The van der Waals surface area contributed by atoms with Gasteiger partial charge in [-0.15, -0.1) is 0 Å². The van der Waals surface area contributed by atoms with Gasteiger partial charge in [-0.05, 0) is 54.6 Å². The second kappa shape index (κ2) is 8.35. The highest BCUT2D eigenvalue weighted by Crippen LogP contribution is 2.38. The van der Waals surface area contributed by atoms with Gasteiger partial charge in [-0.25, -0.2) is 4.79 Å². The van der Waals surface area contributed by atoms with Gasteiger partial charge in [-0.1, -0.05) is 0 Å². The smallest absolute Gasteiger partial charge is 0.379 e. The fourth-order valence-corrected chi connectivity index (χ4v) is 3.13. The molecular formula is C24H16O8. The Labute approximate surface area is 182 Å². The Bertz CT molecular complexity index is 1260. The van der Waals surface area contributed by atoms with Crippen molar-refractivity contribution in [2.45, 2.75) is 0 Å². The van der Waals surface area contributed by atoms with Crippen LogP contribution in [0.4, 0.5) is 0 Å². The molecule has 0 fully saturated rings. The van der Waals surface area contributed by atoms with Gasteiger partial charge in [-0.2, -0.15) is 0 Å². The molecule has 0 radical (unpaired) electrons. The third-order valence-corrected chi connectivity index (χ3v) is 4.77. The lowest BCUT2D eigenvalue weighted by molar-refractivity contribution is -0.135. The molecule has 0 atom stereocenters. The first-order chi connectivity index (χ1) is 15.4. The standard InChI is InChI=1S/C24H16O8/c1-29-20-12-16(32-18-9-5-14-11-17(18)23(27)21(14)25)8-10-19(20)31-15-6-3-13(4-7-15)22(26)24(28)30-2/h3-12H,1-2H3. The Kier molecular flexibility index (Phi) is 5.43. The van der Waals surface area contributed by atoms with Gasteiger partial charge >= 0.3 is 5.97 Å². The highest BCUT2D eigenvalue weighted by molar-refractivity contribution is 6.52. The van der Waals surface area contributed by atoms with Crippen LogP contribution in [-0.4, -0.2) is 37.5 Å². The summed E-state index contributed by atoms with van der Waals surface area (Å²) in [5.41, 5.74) is 0.735. The Balaban J connectivity index is 1.52. The fourth-order valence-electron chi connectivity index (χ4n) is 3.13. The van der Waals surface area contributed by atoms with Crippen molar-refractivity contribution < 1.29 is 38.1 Å². The molecule has 0 aromatic heterocycles. The number of hydrogen-bond acceptors (Lipinski definition) is 8. The third-order valence-electron chi connectivity index (χ3n) is 4.77. The number of hydrogen-bond donors (Lipinski definition) is 0. The van der Waals surface area contributed by atoms with E-state index in [0.717, 1.165) is 7.11 Å². The van der Waals surface area contributed by atoms with Crippen molar-refractivity contribution in [1.82, 2.24) is 0 Å². The number of benzene rings is 3. The van der Waals surface area contributed by atoms with Crippen molar-refractivity contribution >= 4 is 23.3 Å². The summed E-state index contributed by atoms with van der Waals surface area (Å²) in [6.07, 6.45) is 0. The van der Waals surface area contributed by atoms with Crippen molar-refractivity contribution in [2.75, 3.05) is 14.2 Å². The minimum Gasteiger partial charge on any atom is -0.493 e. The van der Waals surface area contributed by atoms with E-state index in [-0.39, 0.29) is 16.9 Å². The summed E-state index contributed by atoms with van der Waals surface area (Å²) >= 11 is 0. The summed E-state index contributed by atoms with van der Waals surface area (Å²) in [5, 5.41) is 0. The molecule has 0 aliphatic heterocycles. The van der Waals surface area contributed by atoms with Gasteiger partial charge in [0.25, 0.3) is 5.78 Å². The summed E-state index contributed by atoms with van der Waals surface area (Å²) in [6.45, 7) is 0. The number of rotatable bonds is 7. The molecule has 0 saturated heterocycles. The molecule has 1 aliphatic carbocycles. The summed E-state index contributed by atoms with van der Waals surface area (Å²) < 4.78 is 21.4. The molecule has 8 nitrogen and oxygen atoms in total. The molecule has 8 heteroatoms. The lowest BCUT2D eigenvalue weighted by Crippen LogP contribution is -2.15. The van der Waals surface area contributed by atoms with Crippen LogP contribution in [-0.2, 0) is 9.53 Å². The lowest BCUT2D eigenvalue weighted by Gasteiger charge is -2.13. The number of fused-ring (bicyclic) bond motifs is 2. The van der Waals surface area contributed by atoms with E-state index in [2.05, 4.69) is 4.74 Å². The van der Waals surface area contributed by atoms with Gasteiger partial charge in [0.15, 0.2) is 11.5 Å². The molecule has 3 aromatic rings. The van der Waals surface area contributed by atoms with Crippen LogP contribution >= 0.6 is 0 Å². The average Bonchev–Trinajstić information content (AvgIpc) is 3.05. The van der Waals surface area contributed by atoms with E-state index < -0.39 is 23.3 Å². The summed E-state index contributed by atoms with van der Waals surface area (Å²) in [4.78, 5) is 47.0. The quantitative estimate of drug-likeness (QED) is 0.313. The SMILES string of the molecule is COC(=O)C(=O)c1ccc(Oc2ccc(Oc3ccc4cc3C(=O)C4=O)cc2OC)cc1. The van der Waals surface area contributed by atoms with Gasteiger partial charge in [0.2, 0.25) is 11.6 Å². The molecule has 0 unspecified atom stereocenters. The van der Waals surface area contributed by atoms with E-state index in [1.165, 1.54) is 43.5 Å². The normalized spacial score (nSPS) is 11.8. The van der Waals surface area contributed by atoms with E-state index >= 15 is 0 Å². The summed E-state index contributed by atoms with van der Waals surface area (Å²) in [6, 6.07) is 15.4. The molecule has 3 aromatic carbocycles. The van der Waals surface area contributed by atoms with Gasteiger partial charge in [-0.3, -0.25) is 14.4 Å². The zero-order valence-corrected chi connectivity index (χ0v) is 17.0. The maximum atomic E-state index is 12.0. The van der Waals surface area contributed by atoms with Crippen LogP contribution in [0.3, 0.4) is 0 Å². The van der Waals surface area contributed by atoms with Gasteiger partial charge in [0, 0.05) is 17.2 Å². The molecule has 1 aliphatic rings. The highest BCUT2D eigenvalue weighted by atomic mass is 16.5. The minimum absolute atomic E-state index is 0.173. The van der Waals surface area contributed by atoms with Crippen molar-refractivity contribution in [3.8, 4) is 28.7 Å². The third kappa shape index (κ3) is 3.81. The van der Waals surface area contributed by atoms with Crippen molar-refractivity contribution in [3.05, 3.63) is 77.4 Å². The summed E-state index contributed by atoms with van der Waals surface area (Å²) in [7, 11) is 2.60. The summed E-state index contributed by atoms with van der Waals surface area (Å²) in [5.74, 6) is -1.06. The first-order valence-electron chi connectivity index (χ1n) is 9.41. The number of methoxy groups -OCH3 is 2. The number of Topliss-reactive ketones (excluding diaryl/α,β-unsaturated/α-hetero) is 3. The van der Waals surface area contributed by atoms with Crippen LogP contribution < -0.4 is 14.2 Å². The Hall–Kier alpha value is -4.46. The zero-order chi connectivity index (χ0) is 22.8. The van der Waals surface area contributed by atoms with Crippen LogP contribution in [0.25, 0.3) is 0 Å². The maximum absolute atomic E-state index is 12.0. The van der Waals surface area contributed by atoms with Crippen LogP contribution in [0, 0.1) is 0 Å². The lowest BCUT2D eigenvalue weighted by atomic mass is 10.1. The molecule has 0 spiro atoms. The highest BCUT2D eigenvalue weighted by Gasteiger charge is 2.30. The van der Waals surface area contributed by atoms with E-state index in [1.54, 1.807) is 24.3 Å². The number of ether oxygens (including phenoxy) is 4. The monoisotopic (exact) mass is 432 g/mol. The molecule has 32 heavy (non-hydrogen) atoms. The predicted molar refractivity (Wildman–Crippen MR) is 111 cm³/mol. The first-order valence-corrected chi connectivity index (χ1v) is 9.41. The van der Waals surface area contributed by atoms with E-state index in [9.17, 15) is 19.2 Å². The zero-order valence-electron chi connectivity index (χ0n) is 17.0. The first kappa shape index (κ1) is 20.8. The molecular weight excluding hydrogens is 416 g/mol. The predicted octanol–water partition coefficient (Wildman–Crippen LogP) is 4.01. The van der Waals surface area contributed by atoms with Crippen molar-refractivity contribution in [2.24, 2.45) is 0 Å². The molecule has 0 amide bonds. The van der Waals surface area contributed by atoms with Crippen LogP contribution in [0.1, 0.15) is 31.1 Å². The number of carbonyl (C=O) groups is 4. The molecule has 0 heterocycles. The topological polar surface area (TPSA) is 105 Å². The number of carbonyl (C=O) groups excluding carboxylic acids is 4. The van der Waals surface area contributed by atoms with Crippen LogP contribution in [0.2, 0.25) is 0 Å². The molecule has 4 rings (SSSR count). The van der Waals surface area contributed by atoms with Crippen molar-refractivity contribution in [1.29, 1.82) is 0 Å². The van der Waals surface area contributed by atoms with Crippen LogP contribution in [0.5, 0.6) is 28.7 Å². The minimum atomic E-state index is -0.949.